The van der Waals surface area contributed by atoms with Crippen LogP contribution < -0.4 is 10.2 Å². The molecule has 0 spiro atoms. The Hall–Kier alpha value is -0.190. The van der Waals surface area contributed by atoms with E-state index in [1.807, 2.05) is 0 Å². The first-order chi connectivity index (χ1) is 9.49. The minimum Gasteiger partial charge on any atom is -0.367 e. The lowest BCUT2D eigenvalue weighted by Crippen LogP contribution is -2.44. The van der Waals surface area contributed by atoms with Gasteiger partial charge in [-0.05, 0) is 24.6 Å². The van der Waals surface area contributed by atoms with Crippen LogP contribution in [0.4, 0.5) is 5.69 Å². The number of hydrogen-bond donors (Lipinski definition) is 1. The molecule has 0 aromatic heterocycles. The minimum absolute atomic E-state index is 0.515. The number of nitrogens with zero attached hydrogens (tertiary/aromatic N) is 1. The quantitative estimate of drug-likeness (QED) is 0.866. The maximum Gasteiger partial charge on any atom is 0.0380 e. The summed E-state index contributed by atoms with van der Waals surface area (Å²) in [6.45, 7) is 11.1. The van der Waals surface area contributed by atoms with E-state index in [0.717, 1.165) is 13.1 Å². The molecule has 1 heterocycles. The molecule has 1 fully saturated rings. The summed E-state index contributed by atoms with van der Waals surface area (Å²) in [6, 6.07) is 7.90. The average molecular weight is 357 g/mol. The van der Waals surface area contributed by atoms with Crippen molar-refractivity contribution in [3.05, 3.63) is 28.2 Å². The third-order valence-corrected chi connectivity index (χ3v) is 6.03. The number of benzene rings is 1. The first kappa shape index (κ1) is 16.2. The zero-order valence-corrected chi connectivity index (χ0v) is 15.2. The zero-order valence-electron chi connectivity index (χ0n) is 12.8. The van der Waals surface area contributed by atoms with Gasteiger partial charge in [-0.15, -0.1) is 0 Å². The van der Waals surface area contributed by atoms with Crippen LogP contribution in [0.25, 0.3) is 0 Å². The molecule has 4 heteroatoms. The van der Waals surface area contributed by atoms with Crippen LogP contribution in [0.2, 0.25) is 0 Å². The van der Waals surface area contributed by atoms with E-state index in [2.05, 4.69) is 83.8 Å². The van der Waals surface area contributed by atoms with E-state index >= 15 is 0 Å². The van der Waals surface area contributed by atoms with E-state index < -0.39 is 0 Å². The van der Waals surface area contributed by atoms with Gasteiger partial charge in [0.05, 0.1) is 0 Å². The number of thioether (sulfide) groups is 1. The van der Waals surface area contributed by atoms with Crippen LogP contribution in [-0.4, -0.2) is 29.6 Å². The van der Waals surface area contributed by atoms with Gasteiger partial charge in [-0.25, -0.2) is 0 Å². The minimum atomic E-state index is 0.515. The normalized spacial score (nSPS) is 23.4. The number of halogens is 1. The molecule has 2 nitrogen and oxygen atoms in total. The predicted octanol–water partition coefficient (Wildman–Crippen LogP) is 4.28. The fourth-order valence-electron chi connectivity index (χ4n) is 2.47. The lowest BCUT2D eigenvalue weighted by molar-refractivity contribution is 0.587. The molecular weight excluding hydrogens is 332 g/mol. The number of rotatable bonds is 4. The Morgan fingerprint density at radius 1 is 1.40 bits per heavy atom. The molecule has 0 saturated carbocycles. The monoisotopic (exact) mass is 356 g/mol. The van der Waals surface area contributed by atoms with Gasteiger partial charge < -0.3 is 10.2 Å². The Morgan fingerprint density at radius 3 is 2.80 bits per heavy atom. The van der Waals surface area contributed by atoms with Gasteiger partial charge in [0.1, 0.15) is 0 Å². The molecule has 0 radical (unpaired) electrons. The molecule has 20 heavy (non-hydrogen) atoms. The molecule has 2 unspecified atom stereocenters. The van der Waals surface area contributed by atoms with Crippen LogP contribution >= 0.6 is 27.7 Å². The smallest absolute Gasteiger partial charge is 0.0380 e. The second-order valence-electron chi connectivity index (χ2n) is 5.82. The third-order valence-electron chi connectivity index (χ3n) is 3.95. The van der Waals surface area contributed by atoms with E-state index in [-0.39, 0.29) is 0 Å². The maximum absolute atomic E-state index is 3.73. The average Bonchev–Trinajstić information content (AvgIpc) is 2.40. The maximum atomic E-state index is 3.73. The fraction of sp³-hybridized carbons (Fsp3) is 0.625. The molecule has 1 aliphatic rings. The molecule has 0 amide bonds. The van der Waals surface area contributed by atoms with Crippen molar-refractivity contribution in [3.63, 3.8) is 0 Å². The highest BCUT2D eigenvalue weighted by Crippen LogP contribution is 2.31. The molecule has 1 aromatic carbocycles. The lowest BCUT2D eigenvalue weighted by Gasteiger charge is -2.39. The van der Waals surface area contributed by atoms with Crippen LogP contribution in [0, 0.1) is 0 Å². The van der Waals surface area contributed by atoms with Gasteiger partial charge in [0.25, 0.3) is 0 Å². The molecule has 1 aliphatic heterocycles. The van der Waals surface area contributed by atoms with Crippen molar-refractivity contribution in [2.75, 3.05) is 17.2 Å². The highest BCUT2D eigenvalue weighted by atomic mass is 79.9. The fourth-order valence-corrected chi connectivity index (χ4v) is 4.08. The zero-order chi connectivity index (χ0) is 14.7. The SMILES string of the molecule is CC(C)NCc1ccc(N2CCSC(C)C2C)cc1Br. The second kappa shape index (κ2) is 7.19. The van der Waals surface area contributed by atoms with Crippen molar-refractivity contribution in [2.45, 2.75) is 51.6 Å². The van der Waals surface area contributed by atoms with Crippen LogP contribution in [0.3, 0.4) is 0 Å². The molecule has 1 N–H and O–H groups in total. The number of hydrogen-bond acceptors (Lipinski definition) is 3. The van der Waals surface area contributed by atoms with Crippen LogP contribution in [0.1, 0.15) is 33.3 Å². The highest BCUT2D eigenvalue weighted by molar-refractivity contribution is 9.10. The van der Waals surface area contributed by atoms with Crippen LogP contribution in [0.15, 0.2) is 22.7 Å². The molecule has 2 atom stereocenters. The molecule has 0 aliphatic carbocycles. The number of anilines is 1. The van der Waals surface area contributed by atoms with Crippen molar-refractivity contribution in [3.8, 4) is 0 Å². The standard InChI is InChI=1S/C16H25BrN2S/c1-11(2)18-10-14-5-6-15(9-16(14)17)19-7-8-20-13(4)12(19)3/h5-6,9,11-13,18H,7-8,10H2,1-4H3. The van der Waals surface area contributed by atoms with Crippen LogP contribution in [-0.2, 0) is 6.54 Å². The summed E-state index contributed by atoms with van der Waals surface area (Å²) in [6.07, 6.45) is 0. The second-order valence-corrected chi connectivity index (χ2v) is 8.16. The molecular formula is C16H25BrN2S. The Kier molecular flexibility index (Phi) is 5.82. The summed E-state index contributed by atoms with van der Waals surface area (Å²) >= 11 is 5.81. The van der Waals surface area contributed by atoms with Crippen molar-refractivity contribution in [1.82, 2.24) is 5.32 Å². The van der Waals surface area contributed by atoms with Gasteiger partial charge in [-0.2, -0.15) is 11.8 Å². The van der Waals surface area contributed by atoms with Gasteiger partial charge in [0.15, 0.2) is 0 Å². The van der Waals surface area contributed by atoms with Gasteiger partial charge in [-0.3, -0.25) is 0 Å². The van der Waals surface area contributed by atoms with Gasteiger partial charge in [-0.1, -0.05) is 42.8 Å². The van der Waals surface area contributed by atoms with Gasteiger partial charge >= 0.3 is 0 Å². The Labute approximate surface area is 135 Å². The first-order valence-corrected chi connectivity index (χ1v) is 9.23. The van der Waals surface area contributed by atoms with Gasteiger partial charge in [0, 0.05) is 46.3 Å². The van der Waals surface area contributed by atoms with E-state index in [1.54, 1.807) is 0 Å². The summed E-state index contributed by atoms with van der Waals surface area (Å²) in [5, 5.41) is 4.17. The topological polar surface area (TPSA) is 15.3 Å². The third kappa shape index (κ3) is 3.92. The summed E-state index contributed by atoms with van der Waals surface area (Å²) in [5.74, 6) is 1.22. The Morgan fingerprint density at radius 2 is 2.15 bits per heavy atom. The first-order valence-electron chi connectivity index (χ1n) is 7.39. The Balaban J connectivity index is 2.12. The number of nitrogens with one attached hydrogen (secondary N) is 1. The van der Waals surface area contributed by atoms with Crippen LogP contribution in [0.5, 0.6) is 0 Å². The lowest BCUT2D eigenvalue weighted by atomic mass is 10.1. The summed E-state index contributed by atoms with van der Waals surface area (Å²) in [4.78, 5) is 2.53. The molecule has 1 aromatic rings. The highest BCUT2D eigenvalue weighted by Gasteiger charge is 2.25. The van der Waals surface area contributed by atoms with E-state index in [0.29, 0.717) is 17.3 Å². The van der Waals surface area contributed by atoms with Crippen molar-refractivity contribution in [1.29, 1.82) is 0 Å². The molecule has 0 bridgehead atoms. The van der Waals surface area contributed by atoms with E-state index in [1.165, 1.54) is 21.5 Å². The Bertz CT molecular complexity index is 450. The molecule has 1 saturated heterocycles. The summed E-state index contributed by atoms with van der Waals surface area (Å²) < 4.78 is 1.21. The van der Waals surface area contributed by atoms with Crippen molar-refractivity contribution < 1.29 is 0 Å². The predicted molar refractivity (Wildman–Crippen MR) is 94.8 cm³/mol. The van der Waals surface area contributed by atoms with E-state index in [9.17, 15) is 0 Å². The largest absolute Gasteiger partial charge is 0.367 e. The van der Waals surface area contributed by atoms with Gasteiger partial charge in [0.2, 0.25) is 0 Å². The summed E-state index contributed by atoms with van der Waals surface area (Å²) in [7, 11) is 0. The van der Waals surface area contributed by atoms with E-state index in [4.69, 9.17) is 0 Å². The summed E-state index contributed by atoms with van der Waals surface area (Å²) in [5.41, 5.74) is 2.67. The molecule has 112 valence electrons. The van der Waals surface area contributed by atoms with Crippen molar-refractivity contribution >= 4 is 33.4 Å². The van der Waals surface area contributed by atoms with Crippen molar-refractivity contribution in [2.24, 2.45) is 0 Å². The molecule has 2 rings (SSSR count).